The molecule has 122 valence electrons. The minimum atomic E-state index is 0.00944. The minimum Gasteiger partial charge on any atom is -0.356 e. The number of anilines is 1. The monoisotopic (exact) mass is 305 g/mol. The zero-order chi connectivity index (χ0) is 16.1. The van der Waals surface area contributed by atoms with Crippen molar-refractivity contribution >= 4 is 11.7 Å². The molecule has 2 N–H and O–H groups in total. The van der Waals surface area contributed by atoms with Crippen LogP contribution in [-0.2, 0) is 4.79 Å². The molecule has 0 saturated carbocycles. The van der Waals surface area contributed by atoms with Gasteiger partial charge in [0.25, 0.3) is 0 Å². The fourth-order valence-electron chi connectivity index (χ4n) is 2.85. The molecule has 0 bridgehead atoms. The van der Waals surface area contributed by atoms with Crippen molar-refractivity contribution in [3.63, 3.8) is 0 Å². The van der Waals surface area contributed by atoms with Gasteiger partial charge in [-0.05, 0) is 33.7 Å². The molecular weight excluding hydrogens is 278 g/mol. The summed E-state index contributed by atoms with van der Waals surface area (Å²) in [6.45, 7) is 8.42. The first kappa shape index (κ1) is 16.7. The molecular formula is C16H27N5O. The maximum absolute atomic E-state index is 12.1. The average molecular weight is 305 g/mol. The third kappa shape index (κ3) is 4.40. The number of nitrogens with zero attached hydrogens (tertiary/aromatic N) is 3. The highest BCUT2D eigenvalue weighted by molar-refractivity contribution is 5.78. The molecule has 1 aliphatic rings. The summed E-state index contributed by atoms with van der Waals surface area (Å²) in [6, 6.07) is 2.30. The molecule has 1 aromatic heterocycles. The molecule has 1 aliphatic heterocycles. The van der Waals surface area contributed by atoms with E-state index in [2.05, 4.69) is 25.5 Å². The van der Waals surface area contributed by atoms with Gasteiger partial charge in [0.05, 0.1) is 0 Å². The Labute approximate surface area is 132 Å². The number of amides is 1. The number of carbonyl (C=O) groups excluding carboxylic acids is 1. The molecule has 2 rings (SSSR count). The van der Waals surface area contributed by atoms with Crippen LogP contribution in [0.4, 0.5) is 5.82 Å². The third-order valence-corrected chi connectivity index (χ3v) is 4.08. The highest BCUT2D eigenvalue weighted by Crippen LogP contribution is 2.19. The van der Waals surface area contributed by atoms with E-state index in [1.807, 2.05) is 33.9 Å². The van der Waals surface area contributed by atoms with Crippen LogP contribution < -0.4 is 15.5 Å². The third-order valence-electron chi connectivity index (χ3n) is 4.08. The molecule has 1 atom stereocenters. The maximum atomic E-state index is 12.1. The topological polar surface area (TPSA) is 70.2 Å². The highest BCUT2D eigenvalue weighted by Gasteiger charge is 2.23. The number of piperidine rings is 1. The molecule has 1 saturated heterocycles. The number of hydrogen-bond donors (Lipinski definition) is 2. The molecule has 6 nitrogen and oxygen atoms in total. The van der Waals surface area contributed by atoms with Gasteiger partial charge in [0.15, 0.2) is 0 Å². The van der Waals surface area contributed by atoms with E-state index in [-0.39, 0.29) is 17.9 Å². The number of hydrogen-bond acceptors (Lipinski definition) is 5. The summed E-state index contributed by atoms with van der Waals surface area (Å²) in [4.78, 5) is 23.2. The minimum absolute atomic E-state index is 0.00944. The van der Waals surface area contributed by atoms with Gasteiger partial charge in [0.2, 0.25) is 5.91 Å². The normalized spacial score (nSPS) is 17.4. The van der Waals surface area contributed by atoms with E-state index in [9.17, 15) is 4.79 Å². The lowest BCUT2D eigenvalue weighted by Crippen LogP contribution is -2.47. The SMILES string of the molecule is CNCC(C)C(=O)NC1CCN(c2cc(C)nc(C)n2)CC1. The van der Waals surface area contributed by atoms with E-state index in [1.54, 1.807) is 0 Å². The van der Waals surface area contributed by atoms with Gasteiger partial charge in [0.1, 0.15) is 11.6 Å². The lowest BCUT2D eigenvalue weighted by Gasteiger charge is -2.33. The van der Waals surface area contributed by atoms with Crippen LogP contribution >= 0.6 is 0 Å². The van der Waals surface area contributed by atoms with Gasteiger partial charge in [-0.15, -0.1) is 0 Å². The van der Waals surface area contributed by atoms with Crippen LogP contribution in [0.3, 0.4) is 0 Å². The summed E-state index contributed by atoms with van der Waals surface area (Å²) in [5, 5.41) is 6.20. The predicted octanol–water partition coefficient (Wildman–Crippen LogP) is 1.03. The molecule has 0 spiro atoms. The Bertz CT molecular complexity index is 491. The summed E-state index contributed by atoms with van der Waals surface area (Å²) < 4.78 is 0. The first-order valence-corrected chi connectivity index (χ1v) is 8.01. The van der Waals surface area contributed by atoms with Gasteiger partial charge in [-0.25, -0.2) is 9.97 Å². The van der Waals surface area contributed by atoms with Crippen molar-refractivity contribution in [2.24, 2.45) is 5.92 Å². The standard InChI is InChI=1S/C16H27N5O/c1-11(10-17-4)16(22)20-14-5-7-21(8-6-14)15-9-12(2)18-13(3)19-15/h9,11,14,17H,5-8,10H2,1-4H3,(H,20,22). The Balaban J connectivity index is 1.86. The fourth-order valence-corrected chi connectivity index (χ4v) is 2.85. The predicted molar refractivity (Wildman–Crippen MR) is 88.0 cm³/mol. The molecule has 2 heterocycles. The fraction of sp³-hybridized carbons (Fsp3) is 0.688. The van der Waals surface area contributed by atoms with Crippen molar-refractivity contribution in [1.29, 1.82) is 0 Å². The van der Waals surface area contributed by atoms with Gasteiger partial charge >= 0.3 is 0 Å². The number of carbonyl (C=O) groups is 1. The Hall–Kier alpha value is -1.69. The summed E-state index contributed by atoms with van der Waals surface area (Å²) in [5.74, 6) is 1.96. The molecule has 1 aromatic rings. The van der Waals surface area contributed by atoms with E-state index in [4.69, 9.17) is 0 Å². The van der Waals surface area contributed by atoms with Crippen molar-refractivity contribution in [2.75, 3.05) is 31.6 Å². The van der Waals surface area contributed by atoms with Gasteiger partial charge in [-0.3, -0.25) is 4.79 Å². The molecule has 1 unspecified atom stereocenters. The van der Waals surface area contributed by atoms with Gasteiger partial charge in [-0.1, -0.05) is 6.92 Å². The quantitative estimate of drug-likeness (QED) is 0.850. The number of nitrogens with one attached hydrogen (secondary N) is 2. The first-order valence-electron chi connectivity index (χ1n) is 8.01. The van der Waals surface area contributed by atoms with Gasteiger partial charge in [0, 0.05) is 43.4 Å². The smallest absolute Gasteiger partial charge is 0.224 e. The Morgan fingerprint density at radius 1 is 1.36 bits per heavy atom. The highest BCUT2D eigenvalue weighted by atomic mass is 16.1. The lowest BCUT2D eigenvalue weighted by atomic mass is 10.0. The van der Waals surface area contributed by atoms with Crippen LogP contribution in [-0.4, -0.2) is 48.6 Å². The second-order valence-electron chi connectivity index (χ2n) is 6.14. The molecule has 1 amide bonds. The van der Waals surface area contributed by atoms with Crippen LogP contribution in [0, 0.1) is 19.8 Å². The van der Waals surface area contributed by atoms with Gasteiger partial charge in [-0.2, -0.15) is 0 Å². The Kier molecular flexibility index (Phi) is 5.71. The largest absolute Gasteiger partial charge is 0.356 e. The van der Waals surface area contributed by atoms with Crippen molar-refractivity contribution in [3.8, 4) is 0 Å². The van der Waals surface area contributed by atoms with E-state index in [0.29, 0.717) is 6.54 Å². The molecule has 0 aliphatic carbocycles. The summed E-state index contributed by atoms with van der Waals surface area (Å²) >= 11 is 0. The molecule has 22 heavy (non-hydrogen) atoms. The zero-order valence-electron chi connectivity index (χ0n) is 14.0. The first-order chi connectivity index (χ1) is 10.5. The number of aromatic nitrogens is 2. The lowest BCUT2D eigenvalue weighted by molar-refractivity contribution is -0.125. The number of rotatable bonds is 5. The average Bonchev–Trinajstić information content (AvgIpc) is 2.47. The van der Waals surface area contributed by atoms with Crippen molar-refractivity contribution in [3.05, 3.63) is 17.6 Å². The van der Waals surface area contributed by atoms with Gasteiger partial charge < -0.3 is 15.5 Å². The van der Waals surface area contributed by atoms with E-state index in [1.165, 1.54) is 0 Å². The summed E-state index contributed by atoms with van der Waals surface area (Å²) in [6.07, 6.45) is 1.92. The zero-order valence-corrected chi connectivity index (χ0v) is 14.0. The van der Waals surface area contributed by atoms with Crippen LogP contribution in [0.25, 0.3) is 0 Å². The molecule has 0 aromatic carbocycles. The summed E-state index contributed by atoms with van der Waals surface area (Å²) in [5.41, 5.74) is 0.999. The van der Waals surface area contributed by atoms with E-state index < -0.39 is 0 Å². The summed E-state index contributed by atoms with van der Waals surface area (Å²) in [7, 11) is 1.87. The van der Waals surface area contributed by atoms with Crippen LogP contribution in [0.1, 0.15) is 31.3 Å². The Morgan fingerprint density at radius 2 is 2.05 bits per heavy atom. The van der Waals surface area contributed by atoms with Crippen LogP contribution in [0.2, 0.25) is 0 Å². The second-order valence-corrected chi connectivity index (χ2v) is 6.14. The van der Waals surface area contributed by atoms with Crippen molar-refractivity contribution < 1.29 is 4.79 Å². The second kappa shape index (κ2) is 7.54. The van der Waals surface area contributed by atoms with Crippen molar-refractivity contribution in [2.45, 2.75) is 39.7 Å². The molecule has 0 radical (unpaired) electrons. The van der Waals surface area contributed by atoms with Crippen molar-refractivity contribution in [1.82, 2.24) is 20.6 Å². The Morgan fingerprint density at radius 3 is 2.64 bits per heavy atom. The van der Waals surface area contributed by atoms with Crippen LogP contribution in [0.15, 0.2) is 6.07 Å². The van der Waals surface area contributed by atoms with E-state index in [0.717, 1.165) is 43.3 Å². The van der Waals surface area contributed by atoms with Crippen LogP contribution in [0.5, 0.6) is 0 Å². The number of aryl methyl sites for hydroxylation is 2. The molecule has 6 heteroatoms. The molecule has 1 fully saturated rings. The van der Waals surface area contributed by atoms with E-state index >= 15 is 0 Å². The maximum Gasteiger partial charge on any atom is 0.224 e.